The lowest BCUT2D eigenvalue weighted by molar-refractivity contribution is -0.468. The molecule has 120 valence electrons. The zero-order valence-electron chi connectivity index (χ0n) is 12.7. The molecule has 0 fully saturated rings. The molecule has 0 aliphatic heterocycles. The Balaban J connectivity index is 1.96. The second-order valence-corrected chi connectivity index (χ2v) is 4.97. The molecular formula is C16H13N5O3. The molecule has 24 heavy (non-hydrogen) atoms. The average Bonchev–Trinajstić information content (AvgIpc) is 2.61. The van der Waals surface area contributed by atoms with Crippen molar-refractivity contribution in [2.24, 2.45) is 5.10 Å². The van der Waals surface area contributed by atoms with Crippen LogP contribution in [0.1, 0.15) is 21.9 Å². The minimum absolute atomic E-state index is 0.00534. The highest BCUT2D eigenvalue weighted by molar-refractivity contribution is 5.93. The first-order valence-electron chi connectivity index (χ1n) is 7.08. The van der Waals surface area contributed by atoms with Gasteiger partial charge in [0.25, 0.3) is 5.52 Å². The topological polar surface area (TPSA) is 105 Å². The van der Waals surface area contributed by atoms with Gasteiger partial charge in [0.1, 0.15) is 5.52 Å². The number of hydrazone groups is 1. The molecule has 0 aliphatic carbocycles. The summed E-state index contributed by atoms with van der Waals surface area (Å²) >= 11 is 0. The number of pyridine rings is 1. The normalized spacial score (nSPS) is 11.0. The summed E-state index contributed by atoms with van der Waals surface area (Å²) in [7, 11) is 0. The fourth-order valence-corrected chi connectivity index (χ4v) is 2.27. The number of para-hydroxylation sites is 2. The number of amides is 1. The number of hydrogen-bond donors (Lipinski definition) is 1. The maximum absolute atomic E-state index is 12.4. The molecular weight excluding hydrogens is 310 g/mol. The van der Waals surface area contributed by atoms with Crippen molar-refractivity contribution in [3.05, 3.63) is 75.9 Å². The monoisotopic (exact) mass is 323 g/mol. The second kappa shape index (κ2) is 6.29. The summed E-state index contributed by atoms with van der Waals surface area (Å²) in [6.07, 6.45) is 2.93. The van der Waals surface area contributed by atoms with Gasteiger partial charge in [-0.2, -0.15) is 5.10 Å². The third-order valence-electron chi connectivity index (χ3n) is 3.44. The molecule has 1 amide bonds. The summed E-state index contributed by atoms with van der Waals surface area (Å²) in [6.45, 7) is 1.41. The molecule has 0 saturated heterocycles. The molecule has 0 aliphatic rings. The Morgan fingerprint density at radius 1 is 1.29 bits per heavy atom. The summed E-state index contributed by atoms with van der Waals surface area (Å²) in [5.41, 5.74) is 2.77. The summed E-state index contributed by atoms with van der Waals surface area (Å²) in [5, 5.41) is 16.0. The van der Waals surface area contributed by atoms with Gasteiger partial charge in [-0.1, -0.05) is 18.2 Å². The molecule has 0 atom stereocenters. The zero-order chi connectivity index (χ0) is 17.1. The van der Waals surface area contributed by atoms with Crippen LogP contribution >= 0.6 is 0 Å². The van der Waals surface area contributed by atoms with Gasteiger partial charge in [-0.25, -0.2) is 5.43 Å². The molecule has 0 saturated carbocycles. The van der Waals surface area contributed by atoms with Crippen molar-refractivity contribution in [1.29, 1.82) is 0 Å². The molecule has 2 heterocycles. The van der Waals surface area contributed by atoms with Crippen LogP contribution in [0.5, 0.6) is 0 Å². The van der Waals surface area contributed by atoms with Crippen LogP contribution in [0.4, 0.5) is 0 Å². The second-order valence-electron chi connectivity index (χ2n) is 4.97. The van der Waals surface area contributed by atoms with Gasteiger partial charge in [-0.05, 0) is 25.1 Å². The standard InChI is InChI=1S/C16H13N5O3/c1-11-15(16(22)19-18-10-12-6-4-5-9-17-12)21(24)14-8-3-2-7-13(14)20(11)23/h2-10H,1H3,(H,19,22). The molecule has 0 radical (unpaired) electrons. The lowest BCUT2D eigenvalue weighted by Crippen LogP contribution is -2.35. The summed E-state index contributed by atoms with van der Waals surface area (Å²) < 4.78 is 0.992. The van der Waals surface area contributed by atoms with Crippen LogP contribution < -0.4 is 9.85 Å². The van der Waals surface area contributed by atoms with Crippen molar-refractivity contribution < 1.29 is 9.22 Å². The van der Waals surface area contributed by atoms with Gasteiger partial charge >= 0.3 is 11.6 Å². The number of hydrogen-bond acceptors (Lipinski definition) is 5. The predicted molar refractivity (Wildman–Crippen MR) is 88.1 cm³/mol. The van der Waals surface area contributed by atoms with Crippen molar-refractivity contribution in [2.75, 3.05) is 0 Å². The van der Waals surface area contributed by atoms with E-state index in [2.05, 4.69) is 15.5 Å². The van der Waals surface area contributed by atoms with Crippen LogP contribution in [-0.2, 0) is 0 Å². The van der Waals surface area contributed by atoms with E-state index in [4.69, 9.17) is 0 Å². The number of carbonyl (C=O) groups excluding carboxylic acids is 1. The maximum Gasteiger partial charge on any atom is 0.348 e. The molecule has 8 nitrogen and oxygen atoms in total. The number of rotatable bonds is 3. The minimum Gasteiger partial charge on any atom is -0.805 e. The molecule has 0 unspecified atom stereocenters. The predicted octanol–water partition coefficient (Wildman–Crippen LogP) is 1.37. The lowest BCUT2D eigenvalue weighted by atomic mass is 10.2. The van der Waals surface area contributed by atoms with E-state index in [9.17, 15) is 14.9 Å². The van der Waals surface area contributed by atoms with Gasteiger partial charge in [-0.3, -0.25) is 9.78 Å². The molecule has 0 bridgehead atoms. The van der Waals surface area contributed by atoms with Crippen LogP contribution in [0.3, 0.4) is 0 Å². The van der Waals surface area contributed by atoms with Crippen LogP contribution in [0.25, 0.3) is 11.0 Å². The summed E-state index contributed by atoms with van der Waals surface area (Å²) in [5.74, 6) is -0.773. The molecule has 2 aromatic heterocycles. The van der Waals surface area contributed by atoms with Crippen molar-refractivity contribution in [2.45, 2.75) is 6.92 Å². The Kier molecular flexibility index (Phi) is 4.02. The fraction of sp³-hybridized carbons (Fsp3) is 0.0625. The van der Waals surface area contributed by atoms with E-state index in [0.29, 0.717) is 14.9 Å². The van der Waals surface area contributed by atoms with E-state index in [0.717, 1.165) is 0 Å². The highest BCUT2D eigenvalue weighted by Crippen LogP contribution is 2.13. The smallest absolute Gasteiger partial charge is 0.348 e. The molecule has 8 heteroatoms. The zero-order valence-corrected chi connectivity index (χ0v) is 12.7. The van der Waals surface area contributed by atoms with Gasteiger partial charge in [-0.15, -0.1) is 0 Å². The molecule has 3 aromatic rings. The molecule has 3 rings (SSSR count). The Labute approximate surface area is 136 Å². The molecule has 1 N–H and O–H groups in total. The number of benzene rings is 1. The van der Waals surface area contributed by atoms with E-state index in [1.54, 1.807) is 36.5 Å². The number of nitrogens with zero attached hydrogens (tertiary/aromatic N) is 4. The molecule has 0 spiro atoms. The van der Waals surface area contributed by atoms with Gasteiger partial charge in [0.2, 0.25) is 0 Å². The first-order chi connectivity index (χ1) is 11.6. The SMILES string of the molecule is Cc1c(C(=O)NN=Cc2ccccn2)[n+](=O)c2ccccc2n1[O-]. The third kappa shape index (κ3) is 2.72. The van der Waals surface area contributed by atoms with Gasteiger partial charge in [0, 0.05) is 17.2 Å². The Bertz CT molecular complexity index is 996. The van der Waals surface area contributed by atoms with Crippen LogP contribution in [0.15, 0.2) is 53.8 Å². The number of nitrogens with one attached hydrogen (secondary N) is 1. The average molecular weight is 323 g/mol. The van der Waals surface area contributed by atoms with E-state index in [1.165, 1.54) is 25.3 Å². The van der Waals surface area contributed by atoms with Gasteiger partial charge in [0.15, 0.2) is 0 Å². The van der Waals surface area contributed by atoms with Gasteiger partial charge in [0.05, 0.1) is 22.0 Å². The van der Waals surface area contributed by atoms with E-state index >= 15 is 0 Å². The number of aromatic nitrogens is 3. The Morgan fingerprint density at radius 2 is 2.04 bits per heavy atom. The fourth-order valence-electron chi connectivity index (χ4n) is 2.27. The Morgan fingerprint density at radius 3 is 2.79 bits per heavy atom. The first kappa shape index (κ1) is 15.3. The summed E-state index contributed by atoms with van der Waals surface area (Å²) in [6, 6.07) is 11.5. The van der Waals surface area contributed by atoms with Crippen molar-refractivity contribution in [3.8, 4) is 0 Å². The van der Waals surface area contributed by atoms with Crippen molar-refractivity contribution in [3.63, 3.8) is 0 Å². The quantitative estimate of drug-likeness (QED) is 0.446. The number of fused-ring (bicyclic) bond motifs is 1. The highest BCUT2D eigenvalue weighted by atomic mass is 16.5. The first-order valence-corrected chi connectivity index (χ1v) is 7.08. The molecule has 1 aromatic carbocycles. The largest absolute Gasteiger partial charge is 0.805 e. The van der Waals surface area contributed by atoms with Crippen LogP contribution in [0, 0.1) is 17.0 Å². The van der Waals surface area contributed by atoms with Crippen molar-refractivity contribution in [1.82, 2.24) is 15.1 Å². The van der Waals surface area contributed by atoms with Crippen LogP contribution in [-0.4, -0.2) is 21.8 Å². The van der Waals surface area contributed by atoms with E-state index in [-0.39, 0.29) is 22.4 Å². The number of carbonyl (C=O) groups is 1. The maximum atomic E-state index is 12.4. The van der Waals surface area contributed by atoms with Crippen molar-refractivity contribution >= 4 is 23.2 Å². The Hall–Kier alpha value is -3.55. The lowest BCUT2D eigenvalue weighted by Gasteiger charge is -2.15. The minimum atomic E-state index is -0.773. The van der Waals surface area contributed by atoms with Gasteiger partial charge < -0.3 is 9.94 Å². The van der Waals surface area contributed by atoms with Crippen LogP contribution in [0.2, 0.25) is 0 Å². The third-order valence-corrected chi connectivity index (χ3v) is 3.44. The van der Waals surface area contributed by atoms with E-state index < -0.39 is 5.91 Å². The van der Waals surface area contributed by atoms with E-state index in [1.807, 2.05) is 0 Å². The summed E-state index contributed by atoms with van der Waals surface area (Å²) in [4.78, 5) is 28.7. The highest BCUT2D eigenvalue weighted by Gasteiger charge is 2.26.